The first-order valence-electron chi connectivity index (χ1n) is 11.5. The normalized spacial score (nSPS) is 21.1. The molecule has 7 heteroatoms. The molecule has 2 saturated heterocycles. The molecule has 2 N–H and O–H groups in total. The van der Waals surface area contributed by atoms with Crippen LogP contribution in [0, 0.1) is 0 Å². The molecule has 3 aromatic carbocycles. The minimum Gasteiger partial charge on any atom is -0.508 e. The van der Waals surface area contributed by atoms with Crippen LogP contribution in [0.1, 0.15) is 11.1 Å². The number of phenolic OH excluding ortho intramolecular Hbond substituents is 1. The van der Waals surface area contributed by atoms with Gasteiger partial charge in [0.15, 0.2) is 5.54 Å². The molecule has 2 aliphatic heterocycles. The van der Waals surface area contributed by atoms with Crippen LogP contribution in [-0.4, -0.2) is 59.7 Å². The number of piperazine rings is 1. The average Bonchev–Trinajstić information content (AvgIpc) is 3.11. The van der Waals surface area contributed by atoms with Crippen molar-refractivity contribution in [3.8, 4) is 5.75 Å². The fourth-order valence-electron chi connectivity index (χ4n) is 4.81. The Labute approximate surface area is 199 Å². The van der Waals surface area contributed by atoms with Crippen molar-refractivity contribution in [2.75, 3.05) is 37.7 Å². The molecule has 0 radical (unpaired) electrons. The van der Waals surface area contributed by atoms with E-state index in [-0.39, 0.29) is 24.4 Å². The number of nitrogens with one attached hydrogen (secondary N) is 1. The number of amides is 3. The number of imide groups is 1. The number of carbonyl (C=O) groups excluding carboxylic acids is 2. The predicted octanol–water partition coefficient (Wildman–Crippen LogP) is 3.16. The molecule has 3 amide bonds. The Hall–Kier alpha value is -3.84. The van der Waals surface area contributed by atoms with Crippen LogP contribution in [0.15, 0.2) is 84.9 Å². The van der Waals surface area contributed by atoms with Crippen LogP contribution < -0.4 is 10.2 Å². The lowest BCUT2D eigenvalue weighted by atomic mass is 9.83. The van der Waals surface area contributed by atoms with Gasteiger partial charge in [-0.15, -0.1) is 0 Å². The second-order valence-electron chi connectivity index (χ2n) is 8.86. The Morgan fingerprint density at radius 3 is 2.06 bits per heavy atom. The summed E-state index contributed by atoms with van der Waals surface area (Å²) >= 11 is 0. The maximum atomic E-state index is 13.8. The Bertz CT molecular complexity index is 1150. The van der Waals surface area contributed by atoms with Gasteiger partial charge in [0, 0.05) is 38.3 Å². The van der Waals surface area contributed by atoms with Crippen LogP contribution in [0.2, 0.25) is 0 Å². The molecule has 0 saturated carbocycles. The van der Waals surface area contributed by atoms with Gasteiger partial charge < -0.3 is 15.3 Å². The highest BCUT2D eigenvalue weighted by molar-refractivity contribution is 6.07. The fourth-order valence-corrected chi connectivity index (χ4v) is 4.81. The van der Waals surface area contributed by atoms with Crippen molar-refractivity contribution in [1.82, 2.24) is 15.1 Å². The van der Waals surface area contributed by atoms with E-state index >= 15 is 0 Å². The van der Waals surface area contributed by atoms with Gasteiger partial charge in [0.05, 0.1) is 6.67 Å². The van der Waals surface area contributed by atoms with Crippen molar-refractivity contribution >= 4 is 17.6 Å². The van der Waals surface area contributed by atoms with Crippen molar-refractivity contribution in [3.63, 3.8) is 0 Å². The molecule has 1 atom stereocenters. The van der Waals surface area contributed by atoms with Gasteiger partial charge in [0.2, 0.25) is 0 Å². The van der Waals surface area contributed by atoms with Crippen LogP contribution >= 0.6 is 0 Å². The first kappa shape index (κ1) is 22.0. The standard InChI is InChI=1S/C27H28N4O3/c32-24-13-11-23(12-14-24)30-17-15-29(16-18-30)20-31-25(33)27(28-26(31)34,22-9-5-2-6-10-22)19-21-7-3-1-4-8-21/h1-14,32H,15-20H2,(H,28,34). The minimum atomic E-state index is -1.12. The summed E-state index contributed by atoms with van der Waals surface area (Å²) in [7, 11) is 0. The summed E-state index contributed by atoms with van der Waals surface area (Å²) in [5, 5.41) is 12.6. The van der Waals surface area contributed by atoms with Crippen molar-refractivity contribution < 1.29 is 14.7 Å². The molecule has 3 aromatic rings. The van der Waals surface area contributed by atoms with E-state index < -0.39 is 5.54 Å². The van der Waals surface area contributed by atoms with Crippen molar-refractivity contribution in [2.24, 2.45) is 0 Å². The molecule has 0 aliphatic carbocycles. The number of urea groups is 1. The summed E-state index contributed by atoms with van der Waals surface area (Å²) in [6.45, 7) is 3.28. The lowest BCUT2D eigenvalue weighted by Gasteiger charge is -2.37. The van der Waals surface area contributed by atoms with Crippen LogP contribution in [0.25, 0.3) is 0 Å². The number of carbonyl (C=O) groups is 2. The number of hydrogen-bond donors (Lipinski definition) is 2. The molecular weight excluding hydrogens is 428 g/mol. The topological polar surface area (TPSA) is 76.1 Å². The SMILES string of the molecule is O=C1NC(Cc2ccccc2)(c2ccccc2)C(=O)N1CN1CCN(c2ccc(O)cc2)CC1. The first-order valence-corrected chi connectivity index (χ1v) is 11.5. The zero-order valence-corrected chi connectivity index (χ0v) is 18.9. The lowest BCUT2D eigenvalue weighted by Crippen LogP contribution is -2.52. The van der Waals surface area contributed by atoms with E-state index in [9.17, 15) is 14.7 Å². The highest BCUT2D eigenvalue weighted by Crippen LogP contribution is 2.33. The van der Waals surface area contributed by atoms with Gasteiger partial charge in [-0.3, -0.25) is 9.69 Å². The third-order valence-corrected chi connectivity index (χ3v) is 6.68. The maximum absolute atomic E-state index is 13.8. The van der Waals surface area contributed by atoms with Gasteiger partial charge in [-0.2, -0.15) is 0 Å². The molecule has 0 spiro atoms. The summed E-state index contributed by atoms with van der Waals surface area (Å²) in [5.41, 5.74) is 1.72. The predicted molar refractivity (Wildman–Crippen MR) is 130 cm³/mol. The van der Waals surface area contributed by atoms with Crippen LogP contribution in [0.5, 0.6) is 5.75 Å². The summed E-state index contributed by atoms with van der Waals surface area (Å²) in [5.74, 6) is 0.0341. The zero-order chi connectivity index (χ0) is 23.5. The Kier molecular flexibility index (Phi) is 5.94. The number of hydrogen-bond acceptors (Lipinski definition) is 5. The van der Waals surface area contributed by atoms with E-state index in [1.165, 1.54) is 4.90 Å². The van der Waals surface area contributed by atoms with Gasteiger partial charge in [-0.25, -0.2) is 9.69 Å². The summed E-state index contributed by atoms with van der Waals surface area (Å²) in [6.07, 6.45) is 0.396. The molecule has 2 fully saturated rings. The maximum Gasteiger partial charge on any atom is 0.326 e. The Balaban J connectivity index is 1.32. The number of nitrogens with zero attached hydrogens (tertiary/aromatic N) is 3. The van der Waals surface area contributed by atoms with Gasteiger partial charge >= 0.3 is 6.03 Å². The number of benzene rings is 3. The van der Waals surface area contributed by atoms with Crippen LogP contribution in [0.3, 0.4) is 0 Å². The molecule has 5 rings (SSSR count). The van der Waals surface area contributed by atoms with Crippen molar-refractivity contribution in [2.45, 2.75) is 12.0 Å². The van der Waals surface area contributed by atoms with Gasteiger partial charge in [0.25, 0.3) is 5.91 Å². The highest BCUT2D eigenvalue weighted by Gasteiger charge is 2.52. The Morgan fingerprint density at radius 1 is 0.794 bits per heavy atom. The molecule has 0 aromatic heterocycles. The molecule has 7 nitrogen and oxygen atoms in total. The van der Waals surface area contributed by atoms with E-state index in [1.54, 1.807) is 12.1 Å². The van der Waals surface area contributed by atoms with Gasteiger partial charge in [-0.05, 0) is 35.4 Å². The fraction of sp³-hybridized carbons (Fsp3) is 0.259. The van der Waals surface area contributed by atoms with Gasteiger partial charge in [-0.1, -0.05) is 60.7 Å². The average molecular weight is 457 g/mol. The van der Waals surface area contributed by atoms with Crippen molar-refractivity contribution in [3.05, 3.63) is 96.1 Å². The third kappa shape index (κ3) is 4.22. The first-order chi connectivity index (χ1) is 16.5. The molecule has 2 heterocycles. The largest absolute Gasteiger partial charge is 0.508 e. The molecule has 1 unspecified atom stereocenters. The smallest absolute Gasteiger partial charge is 0.326 e. The van der Waals surface area contributed by atoms with Crippen LogP contribution in [-0.2, 0) is 16.8 Å². The number of aromatic hydroxyl groups is 1. The minimum absolute atomic E-state index is 0.214. The quantitative estimate of drug-likeness (QED) is 0.558. The second kappa shape index (κ2) is 9.19. The van der Waals surface area contributed by atoms with E-state index in [1.807, 2.05) is 72.8 Å². The molecule has 34 heavy (non-hydrogen) atoms. The lowest BCUT2D eigenvalue weighted by molar-refractivity contribution is -0.133. The third-order valence-electron chi connectivity index (χ3n) is 6.68. The summed E-state index contributed by atoms with van der Waals surface area (Å²) in [6, 6.07) is 26.1. The van der Waals surface area contributed by atoms with E-state index in [0.717, 1.165) is 43.0 Å². The van der Waals surface area contributed by atoms with E-state index in [4.69, 9.17) is 0 Å². The molecular formula is C27H28N4O3. The highest BCUT2D eigenvalue weighted by atomic mass is 16.3. The van der Waals surface area contributed by atoms with E-state index in [2.05, 4.69) is 15.1 Å². The molecule has 0 bridgehead atoms. The summed E-state index contributed by atoms with van der Waals surface area (Å²) < 4.78 is 0. The van der Waals surface area contributed by atoms with Gasteiger partial charge in [0.1, 0.15) is 5.75 Å². The van der Waals surface area contributed by atoms with Crippen molar-refractivity contribution in [1.29, 1.82) is 0 Å². The molecule has 174 valence electrons. The zero-order valence-electron chi connectivity index (χ0n) is 18.9. The van der Waals surface area contributed by atoms with E-state index in [0.29, 0.717) is 6.42 Å². The number of rotatable bonds is 6. The monoisotopic (exact) mass is 456 g/mol. The second-order valence-corrected chi connectivity index (χ2v) is 8.86. The van der Waals surface area contributed by atoms with Crippen LogP contribution in [0.4, 0.5) is 10.5 Å². The Morgan fingerprint density at radius 2 is 1.41 bits per heavy atom. The number of anilines is 1. The summed E-state index contributed by atoms with van der Waals surface area (Å²) in [4.78, 5) is 32.6. The number of phenols is 1. The molecule has 2 aliphatic rings.